The van der Waals surface area contributed by atoms with E-state index >= 15 is 0 Å². The quantitative estimate of drug-likeness (QED) is 0.894. The van der Waals surface area contributed by atoms with Crippen molar-refractivity contribution in [1.82, 2.24) is 25.6 Å². The molecule has 1 amide bonds. The van der Waals surface area contributed by atoms with Crippen molar-refractivity contribution in [3.05, 3.63) is 17.7 Å². The Bertz CT molecular complexity index is 684. The van der Waals surface area contributed by atoms with Gasteiger partial charge < -0.3 is 15.0 Å². The number of nitrogens with one attached hydrogen (secondary N) is 2. The Morgan fingerprint density at radius 1 is 1.48 bits per heavy atom. The van der Waals surface area contributed by atoms with E-state index < -0.39 is 0 Å². The fraction of sp³-hybridized carbons (Fsp3) is 0.562. The van der Waals surface area contributed by atoms with Crippen LogP contribution in [0.25, 0.3) is 11.0 Å². The predicted molar refractivity (Wildman–Crippen MR) is 87.7 cm³/mol. The van der Waals surface area contributed by atoms with Crippen molar-refractivity contribution in [1.29, 1.82) is 0 Å². The van der Waals surface area contributed by atoms with Crippen molar-refractivity contribution in [2.24, 2.45) is 0 Å². The second-order valence-electron chi connectivity index (χ2n) is 5.94. The van der Waals surface area contributed by atoms with Crippen LogP contribution in [0.1, 0.15) is 36.5 Å². The molecule has 23 heavy (non-hydrogen) atoms. The molecule has 1 aliphatic rings. The van der Waals surface area contributed by atoms with E-state index in [0.29, 0.717) is 16.8 Å². The maximum absolute atomic E-state index is 12.7. The third-order valence-corrected chi connectivity index (χ3v) is 4.43. The first-order chi connectivity index (χ1) is 11.2. The van der Waals surface area contributed by atoms with Crippen molar-refractivity contribution in [2.75, 3.05) is 26.7 Å². The number of carbonyl (C=O) groups is 1. The number of aromatic amines is 1. The summed E-state index contributed by atoms with van der Waals surface area (Å²) < 4.78 is 5.35. The van der Waals surface area contributed by atoms with Crippen LogP contribution < -0.4 is 10.1 Å². The Balaban J connectivity index is 1.79. The molecule has 7 heteroatoms. The summed E-state index contributed by atoms with van der Waals surface area (Å²) in [6.07, 6.45) is 3.34. The van der Waals surface area contributed by atoms with Gasteiger partial charge in [0.25, 0.3) is 5.91 Å². The Labute approximate surface area is 135 Å². The van der Waals surface area contributed by atoms with Crippen molar-refractivity contribution in [3.63, 3.8) is 0 Å². The molecule has 0 aliphatic carbocycles. The van der Waals surface area contributed by atoms with Crippen molar-refractivity contribution in [2.45, 2.75) is 32.2 Å². The largest absolute Gasteiger partial charge is 0.496 e. The highest BCUT2D eigenvalue weighted by atomic mass is 16.5. The Morgan fingerprint density at radius 2 is 2.35 bits per heavy atom. The number of H-pyrrole nitrogens is 1. The zero-order chi connectivity index (χ0) is 16.2. The van der Waals surface area contributed by atoms with Crippen LogP contribution in [0.3, 0.4) is 0 Å². The van der Waals surface area contributed by atoms with Crippen LogP contribution in [-0.4, -0.2) is 59.0 Å². The van der Waals surface area contributed by atoms with Crippen LogP contribution in [0.15, 0.2) is 12.1 Å². The lowest BCUT2D eigenvalue weighted by molar-refractivity contribution is 0.0924. The molecular formula is C16H23N5O2. The molecule has 124 valence electrons. The minimum Gasteiger partial charge on any atom is -0.496 e. The van der Waals surface area contributed by atoms with Gasteiger partial charge in [-0.25, -0.2) is 0 Å². The summed E-state index contributed by atoms with van der Waals surface area (Å²) in [6, 6.07) is 3.65. The number of methoxy groups -OCH3 is 1. The molecular weight excluding hydrogens is 294 g/mol. The van der Waals surface area contributed by atoms with Crippen LogP contribution in [0.2, 0.25) is 0 Å². The van der Waals surface area contributed by atoms with E-state index in [9.17, 15) is 4.79 Å². The average Bonchev–Trinajstić information content (AvgIpc) is 2.91. The molecule has 0 spiro atoms. The van der Waals surface area contributed by atoms with E-state index in [1.807, 2.05) is 0 Å². The zero-order valence-electron chi connectivity index (χ0n) is 13.6. The van der Waals surface area contributed by atoms with Gasteiger partial charge >= 0.3 is 0 Å². The molecule has 2 heterocycles. The molecule has 0 bridgehead atoms. The van der Waals surface area contributed by atoms with Gasteiger partial charge in [-0.05, 0) is 32.0 Å². The number of likely N-dealkylation sites (N-methyl/N-ethyl adjacent to an activating group) is 1. The normalized spacial score (nSPS) is 19.5. The summed E-state index contributed by atoms with van der Waals surface area (Å²) in [5.41, 5.74) is 1.92. The summed E-state index contributed by atoms with van der Waals surface area (Å²) in [5, 5.41) is 13.7. The number of fused-ring (bicyclic) bond motifs is 1. The number of hydrogen-bond donors (Lipinski definition) is 2. The maximum Gasteiger partial charge on any atom is 0.255 e. The summed E-state index contributed by atoms with van der Waals surface area (Å²) in [6.45, 7) is 5.18. The minimum absolute atomic E-state index is 0.116. The molecule has 1 aliphatic heterocycles. The van der Waals surface area contributed by atoms with Crippen LogP contribution in [0.5, 0.6) is 5.75 Å². The van der Waals surface area contributed by atoms with Gasteiger partial charge in [0.1, 0.15) is 11.3 Å². The van der Waals surface area contributed by atoms with Gasteiger partial charge in [-0.15, -0.1) is 5.10 Å². The van der Waals surface area contributed by atoms with E-state index in [0.717, 1.165) is 38.0 Å². The van der Waals surface area contributed by atoms with Gasteiger partial charge in [0.05, 0.1) is 18.2 Å². The van der Waals surface area contributed by atoms with Crippen molar-refractivity contribution in [3.8, 4) is 5.75 Å². The Hall–Kier alpha value is -2.15. The van der Waals surface area contributed by atoms with Crippen LogP contribution in [0, 0.1) is 0 Å². The first-order valence-corrected chi connectivity index (χ1v) is 8.13. The number of amides is 1. The van der Waals surface area contributed by atoms with Gasteiger partial charge in [-0.3, -0.25) is 9.89 Å². The van der Waals surface area contributed by atoms with Gasteiger partial charge in [0.2, 0.25) is 0 Å². The number of aromatic nitrogens is 3. The fourth-order valence-electron chi connectivity index (χ4n) is 3.11. The summed E-state index contributed by atoms with van der Waals surface area (Å²) in [4.78, 5) is 15.1. The highest BCUT2D eigenvalue weighted by molar-refractivity contribution is 6.00. The van der Waals surface area contributed by atoms with Crippen molar-refractivity contribution < 1.29 is 9.53 Å². The molecule has 2 aromatic rings. The number of nitrogens with zero attached hydrogens (tertiary/aromatic N) is 3. The SMILES string of the molecule is CCN1CCCC[C@H](NC(=O)c2cc3nn[nH]c3cc2OC)C1. The lowest BCUT2D eigenvalue weighted by Gasteiger charge is -2.23. The molecule has 0 unspecified atom stereocenters. The number of ether oxygens (including phenoxy) is 1. The first kappa shape index (κ1) is 15.7. The monoisotopic (exact) mass is 317 g/mol. The van der Waals surface area contributed by atoms with E-state index in [1.54, 1.807) is 19.2 Å². The Morgan fingerprint density at radius 3 is 3.13 bits per heavy atom. The number of rotatable bonds is 4. The molecule has 1 atom stereocenters. The molecule has 1 saturated heterocycles. The molecule has 2 N–H and O–H groups in total. The minimum atomic E-state index is -0.116. The topological polar surface area (TPSA) is 83.1 Å². The van der Waals surface area contributed by atoms with E-state index in [1.165, 1.54) is 6.42 Å². The van der Waals surface area contributed by atoms with Crippen LogP contribution in [-0.2, 0) is 0 Å². The van der Waals surface area contributed by atoms with E-state index in [2.05, 4.69) is 32.6 Å². The Kier molecular flexibility index (Phi) is 4.76. The van der Waals surface area contributed by atoms with Gasteiger partial charge in [-0.1, -0.05) is 18.6 Å². The summed E-state index contributed by atoms with van der Waals surface area (Å²) in [7, 11) is 1.56. The molecule has 0 radical (unpaired) electrons. The lowest BCUT2D eigenvalue weighted by Crippen LogP contribution is -2.42. The van der Waals surface area contributed by atoms with Crippen molar-refractivity contribution >= 4 is 16.9 Å². The second-order valence-corrected chi connectivity index (χ2v) is 5.94. The smallest absolute Gasteiger partial charge is 0.255 e. The highest BCUT2D eigenvalue weighted by Gasteiger charge is 2.22. The average molecular weight is 317 g/mol. The number of benzene rings is 1. The van der Waals surface area contributed by atoms with Crippen LogP contribution in [0.4, 0.5) is 0 Å². The molecule has 1 fully saturated rings. The van der Waals surface area contributed by atoms with Gasteiger partial charge in [0.15, 0.2) is 0 Å². The zero-order valence-corrected chi connectivity index (χ0v) is 13.6. The fourth-order valence-corrected chi connectivity index (χ4v) is 3.11. The van der Waals surface area contributed by atoms with Crippen LogP contribution >= 0.6 is 0 Å². The third kappa shape index (κ3) is 3.44. The highest BCUT2D eigenvalue weighted by Crippen LogP contribution is 2.24. The van der Waals surface area contributed by atoms with E-state index in [4.69, 9.17) is 4.74 Å². The molecule has 1 aromatic heterocycles. The summed E-state index contributed by atoms with van der Waals surface area (Å²) >= 11 is 0. The number of carbonyl (C=O) groups excluding carboxylic acids is 1. The molecule has 0 saturated carbocycles. The number of likely N-dealkylation sites (tertiary alicyclic amines) is 1. The number of hydrogen-bond acceptors (Lipinski definition) is 5. The van der Waals surface area contributed by atoms with Gasteiger partial charge in [-0.2, -0.15) is 0 Å². The molecule has 7 nitrogen and oxygen atoms in total. The summed E-state index contributed by atoms with van der Waals surface area (Å²) in [5.74, 6) is 0.414. The standard InChI is InChI=1S/C16H23N5O2/c1-3-21-7-5-4-6-11(10-21)17-16(22)12-8-13-14(19-20-18-13)9-15(12)23-2/h8-9,11H,3-7,10H2,1-2H3,(H,17,22)(H,18,19,20)/t11-/m0/s1. The van der Waals surface area contributed by atoms with Gasteiger partial charge in [0, 0.05) is 18.7 Å². The lowest BCUT2D eigenvalue weighted by atomic mass is 10.1. The van der Waals surface area contributed by atoms with E-state index in [-0.39, 0.29) is 11.9 Å². The maximum atomic E-state index is 12.7. The second kappa shape index (κ2) is 6.95. The predicted octanol–water partition coefficient (Wildman–Crippen LogP) is 1.57. The molecule has 1 aromatic carbocycles. The third-order valence-electron chi connectivity index (χ3n) is 4.43. The first-order valence-electron chi connectivity index (χ1n) is 8.13. The molecule has 3 rings (SSSR count).